The number of thioether (sulfide) groups is 1. The van der Waals surface area contributed by atoms with Crippen LogP contribution in [0, 0.1) is 6.92 Å². The average Bonchev–Trinajstić information content (AvgIpc) is 3.37. The minimum absolute atomic E-state index is 0.0673. The number of anilines is 1. The molecule has 0 aliphatic carbocycles. The summed E-state index contributed by atoms with van der Waals surface area (Å²) in [5.41, 5.74) is 5.52. The van der Waals surface area contributed by atoms with E-state index in [4.69, 9.17) is 0 Å². The van der Waals surface area contributed by atoms with Crippen LogP contribution in [-0.2, 0) is 11.2 Å². The predicted molar refractivity (Wildman–Crippen MR) is 112 cm³/mol. The molecule has 2 aromatic heterocycles. The van der Waals surface area contributed by atoms with Crippen LogP contribution in [0.4, 0.5) is 5.69 Å². The first kappa shape index (κ1) is 17.8. The highest BCUT2D eigenvalue weighted by atomic mass is 32.2. The van der Waals surface area contributed by atoms with E-state index in [9.17, 15) is 4.79 Å². The molecule has 1 aliphatic rings. The number of aromatic nitrogens is 5. The van der Waals surface area contributed by atoms with Crippen LogP contribution in [0.2, 0.25) is 0 Å². The number of nitrogens with zero attached hydrogens (tertiary/aromatic N) is 6. The molecule has 0 fully saturated rings. The Balaban J connectivity index is 1.38. The zero-order chi connectivity index (χ0) is 19.8. The molecule has 5 rings (SSSR count). The van der Waals surface area contributed by atoms with Gasteiger partial charge in [-0.25, -0.2) is 9.97 Å². The van der Waals surface area contributed by atoms with E-state index >= 15 is 0 Å². The van der Waals surface area contributed by atoms with Crippen LogP contribution in [0.3, 0.4) is 0 Å². The second-order valence-electron chi connectivity index (χ2n) is 6.90. The maximum absolute atomic E-state index is 12.8. The molecule has 7 nitrogen and oxygen atoms in total. The van der Waals surface area contributed by atoms with Gasteiger partial charge in [-0.3, -0.25) is 4.79 Å². The number of hydrogen-bond acceptors (Lipinski definition) is 6. The first-order valence-corrected chi connectivity index (χ1v) is 10.3. The summed E-state index contributed by atoms with van der Waals surface area (Å²) >= 11 is 1.37. The molecule has 29 heavy (non-hydrogen) atoms. The molecule has 0 radical (unpaired) electrons. The van der Waals surface area contributed by atoms with Gasteiger partial charge in [-0.2, -0.15) is 4.68 Å². The molecular formula is C21H18N6OS. The molecule has 2 aromatic carbocycles. The lowest BCUT2D eigenvalue weighted by Crippen LogP contribution is -2.30. The van der Waals surface area contributed by atoms with Crippen molar-refractivity contribution in [3.05, 3.63) is 66.0 Å². The van der Waals surface area contributed by atoms with Crippen LogP contribution in [0.25, 0.3) is 16.9 Å². The molecule has 1 amide bonds. The molecule has 1 aliphatic heterocycles. The van der Waals surface area contributed by atoms with Crippen LogP contribution >= 0.6 is 11.8 Å². The van der Waals surface area contributed by atoms with E-state index in [1.807, 2.05) is 54.3 Å². The van der Waals surface area contributed by atoms with Gasteiger partial charge in [0, 0.05) is 12.2 Å². The van der Waals surface area contributed by atoms with Crippen LogP contribution < -0.4 is 4.90 Å². The number of amides is 1. The molecule has 144 valence electrons. The highest BCUT2D eigenvalue weighted by Gasteiger charge is 2.24. The van der Waals surface area contributed by atoms with Crippen molar-refractivity contribution in [2.24, 2.45) is 0 Å². The van der Waals surface area contributed by atoms with Crippen LogP contribution in [-0.4, -0.2) is 43.2 Å². The van der Waals surface area contributed by atoms with Gasteiger partial charge in [-0.15, -0.1) is 5.10 Å². The van der Waals surface area contributed by atoms with Crippen molar-refractivity contribution < 1.29 is 4.79 Å². The molecule has 0 saturated heterocycles. The maximum Gasteiger partial charge on any atom is 0.237 e. The largest absolute Gasteiger partial charge is 0.311 e. The zero-order valence-corrected chi connectivity index (χ0v) is 16.6. The highest BCUT2D eigenvalue weighted by molar-refractivity contribution is 8.00. The fourth-order valence-corrected chi connectivity index (χ4v) is 4.31. The van der Waals surface area contributed by atoms with Gasteiger partial charge in [-0.05, 0) is 37.1 Å². The second-order valence-corrected chi connectivity index (χ2v) is 7.86. The smallest absolute Gasteiger partial charge is 0.237 e. The lowest BCUT2D eigenvalue weighted by molar-refractivity contribution is -0.116. The van der Waals surface area contributed by atoms with E-state index in [0.29, 0.717) is 16.2 Å². The first-order valence-electron chi connectivity index (χ1n) is 9.35. The summed E-state index contributed by atoms with van der Waals surface area (Å²) in [5, 5.41) is 9.18. The molecule has 0 saturated carbocycles. The minimum atomic E-state index is 0.0673. The quantitative estimate of drug-likeness (QED) is 0.385. The number of aryl methyl sites for hydroxylation is 1. The normalized spacial score (nSPS) is 13.1. The van der Waals surface area contributed by atoms with Gasteiger partial charge in [0.1, 0.15) is 11.4 Å². The molecule has 0 spiro atoms. The van der Waals surface area contributed by atoms with Crippen LogP contribution in [0.1, 0.15) is 11.1 Å². The lowest BCUT2D eigenvalue weighted by atomic mass is 10.2. The number of para-hydroxylation sites is 1. The van der Waals surface area contributed by atoms with Crippen LogP contribution in [0.15, 0.2) is 59.9 Å². The Kier molecular flexibility index (Phi) is 4.48. The standard InChI is InChI=1S/C21H18N6OS/c1-14-6-8-16(9-7-14)27-20-19(24-25-27)21(23-13-22-20)29-12-18(28)26-11-10-15-4-2-3-5-17(15)26/h2-9,13H,10-12H2,1H3. The van der Waals surface area contributed by atoms with Gasteiger partial charge < -0.3 is 4.90 Å². The van der Waals surface area contributed by atoms with Gasteiger partial charge in [0.15, 0.2) is 11.2 Å². The number of carbonyl (C=O) groups excluding carboxylic acids is 1. The summed E-state index contributed by atoms with van der Waals surface area (Å²) in [7, 11) is 0. The Bertz CT molecular complexity index is 1200. The summed E-state index contributed by atoms with van der Waals surface area (Å²) < 4.78 is 1.69. The monoisotopic (exact) mass is 402 g/mol. The van der Waals surface area contributed by atoms with Gasteiger partial charge in [0.2, 0.25) is 5.91 Å². The number of hydrogen-bond donors (Lipinski definition) is 0. The van der Waals surface area contributed by atoms with Gasteiger partial charge in [0.05, 0.1) is 11.4 Å². The molecule has 0 bridgehead atoms. The molecule has 0 N–H and O–H groups in total. The van der Waals surface area contributed by atoms with Crippen molar-refractivity contribution >= 4 is 34.5 Å². The predicted octanol–water partition coefficient (Wildman–Crippen LogP) is 3.20. The van der Waals surface area contributed by atoms with Gasteiger partial charge in [-0.1, -0.05) is 52.9 Å². The summed E-state index contributed by atoms with van der Waals surface area (Å²) in [6.07, 6.45) is 2.39. The number of carbonyl (C=O) groups is 1. The van der Waals surface area contributed by atoms with E-state index in [1.54, 1.807) is 4.68 Å². The number of rotatable bonds is 4. The number of benzene rings is 2. The third-order valence-corrected chi connectivity index (χ3v) is 5.97. The van der Waals surface area contributed by atoms with Crippen molar-refractivity contribution in [2.45, 2.75) is 18.4 Å². The highest BCUT2D eigenvalue weighted by Crippen LogP contribution is 2.29. The Morgan fingerprint density at radius 1 is 1.10 bits per heavy atom. The zero-order valence-electron chi connectivity index (χ0n) is 15.8. The average molecular weight is 402 g/mol. The third-order valence-electron chi connectivity index (χ3n) is 5.00. The summed E-state index contributed by atoms with van der Waals surface area (Å²) in [5.74, 6) is 0.357. The van der Waals surface area contributed by atoms with Crippen molar-refractivity contribution in [1.82, 2.24) is 25.0 Å². The van der Waals surface area contributed by atoms with Crippen molar-refractivity contribution in [3.8, 4) is 5.69 Å². The Morgan fingerprint density at radius 2 is 1.93 bits per heavy atom. The Hall–Kier alpha value is -3.26. The fourth-order valence-electron chi connectivity index (χ4n) is 3.50. The van der Waals surface area contributed by atoms with E-state index < -0.39 is 0 Å². The third kappa shape index (κ3) is 3.25. The van der Waals surface area contributed by atoms with Crippen molar-refractivity contribution in [2.75, 3.05) is 17.2 Å². The molecular weight excluding hydrogens is 384 g/mol. The van der Waals surface area contributed by atoms with Gasteiger partial charge >= 0.3 is 0 Å². The maximum atomic E-state index is 12.8. The summed E-state index contributed by atoms with van der Waals surface area (Å²) in [6, 6.07) is 16.1. The lowest BCUT2D eigenvalue weighted by Gasteiger charge is -2.16. The number of fused-ring (bicyclic) bond motifs is 2. The van der Waals surface area contributed by atoms with E-state index in [-0.39, 0.29) is 11.7 Å². The molecule has 4 aromatic rings. The topological polar surface area (TPSA) is 76.8 Å². The summed E-state index contributed by atoms with van der Waals surface area (Å²) in [4.78, 5) is 23.3. The minimum Gasteiger partial charge on any atom is -0.311 e. The van der Waals surface area contributed by atoms with Crippen LogP contribution in [0.5, 0.6) is 0 Å². The molecule has 8 heteroatoms. The second kappa shape index (κ2) is 7.29. The Labute approximate surface area is 171 Å². The van der Waals surface area contributed by atoms with Crippen molar-refractivity contribution in [3.63, 3.8) is 0 Å². The van der Waals surface area contributed by atoms with E-state index in [2.05, 4.69) is 26.3 Å². The van der Waals surface area contributed by atoms with E-state index in [1.165, 1.54) is 29.2 Å². The fraction of sp³-hybridized carbons (Fsp3) is 0.190. The van der Waals surface area contributed by atoms with Gasteiger partial charge in [0.25, 0.3) is 0 Å². The van der Waals surface area contributed by atoms with Crippen molar-refractivity contribution in [1.29, 1.82) is 0 Å². The SMILES string of the molecule is Cc1ccc(-n2nnc3c(SCC(=O)N4CCc5ccccc54)ncnc32)cc1. The summed E-state index contributed by atoms with van der Waals surface area (Å²) in [6.45, 7) is 2.76. The molecule has 0 unspecified atom stereocenters. The molecule has 3 heterocycles. The molecule has 0 atom stereocenters. The Morgan fingerprint density at radius 3 is 2.79 bits per heavy atom. The van der Waals surface area contributed by atoms with E-state index in [0.717, 1.165) is 24.3 Å². The first-order chi connectivity index (χ1) is 14.2.